The molecule has 0 aliphatic carbocycles. The van der Waals surface area contributed by atoms with E-state index in [1.165, 1.54) is 19.3 Å². The van der Waals surface area contributed by atoms with Crippen LogP contribution in [0.25, 0.3) is 0 Å². The Morgan fingerprint density at radius 2 is 1.36 bits per heavy atom. The van der Waals surface area contributed by atoms with Crippen molar-refractivity contribution in [2.75, 3.05) is 0 Å². The van der Waals surface area contributed by atoms with Crippen LogP contribution in [0, 0.1) is 0 Å². The smallest absolute Gasteiger partial charge is 0.0407 e. The van der Waals surface area contributed by atoms with Crippen molar-refractivity contribution in [1.82, 2.24) is 0 Å². The second-order valence-corrected chi connectivity index (χ2v) is 7.94. The first-order valence-corrected chi connectivity index (χ1v) is 8.77. The summed E-state index contributed by atoms with van der Waals surface area (Å²) in [6.07, 6.45) is 4.93. The first-order valence-electron chi connectivity index (χ1n) is 5.10. The molecule has 86 valence electrons. The number of halogens is 4. The fraction of sp³-hybridized carbons (Fsp3) is 1.00. The van der Waals surface area contributed by atoms with E-state index in [9.17, 15) is 0 Å². The summed E-state index contributed by atoms with van der Waals surface area (Å²) in [6.45, 7) is 4.43. The third-order valence-electron chi connectivity index (χ3n) is 2.22. The van der Waals surface area contributed by atoms with Crippen LogP contribution >= 0.6 is 63.7 Å². The molecule has 0 amide bonds. The van der Waals surface area contributed by atoms with Gasteiger partial charge in [-0.1, -0.05) is 90.4 Å². The first kappa shape index (κ1) is 15.9. The molecular weight excluding hydrogens is 440 g/mol. The minimum absolute atomic E-state index is 0.480. The molecule has 0 aliphatic heterocycles. The fourth-order valence-electron chi connectivity index (χ4n) is 1.18. The van der Waals surface area contributed by atoms with Crippen molar-refractivity contribution in [3.63, 3.8) is 0 Å². The van der Waals surface area contributed by atoms with Gasteiger partial charge < -0.3 is 0 Å². The van der Waals surface area contributed by atoms with Gasteiger partial charge in [-0.25, -0.2) is 0 Å². The summed E-state index contributed by atoms with van der Waals surface area (Å²) < 4.78 is 0. The Bertz CT molecular complexity index is 140. The summed E-state index contributed by atoms with van der Waals surface area (Å²) in [7, 11) is 0. The molecule has 0 aromatic rings. The highest BCUT2D eigenvalue weighted by molar-refractivity contribution is 9.14. The molecule has 0 nitrogen and oxygen atoms in total. The topological polar surface area (TPSA) is 0 Å². The van der Waals surface area contributed by atoms with Crippen LogP contribution in [0.3, 0.4) is 0 Å². The molecule has 0 aromatic heterocycles. The van der Waals surface area contributed by atoms with E-state index in [0.717, 1.165) is 6.42 Å². The molecule has 0 radical (unpaired) electrons. The molecule has 0 rings (SSSR count). The van der Waals surface area contributed by atoms with E-state index in [0.29, 0.717) is 19.3 Å². The van der Waals surface area contributed by atoms with Gasteiger partial charge in [-0.15, -0.1) is 0 Å². The number of hydrogen-bond acceptors (Lipinski definition) is 0. The predicted molar refractivity (Wildman–Crippen MR) is 80.7 cm³/mol. The zero-order valence-electron chi connectivity index (χ0n) is 8.65. The average molecular weight is 458 g/mol. The molecule has 0 fully saturated rings. The van der Waals surface area contributed by atoms with E-state index in [1.807, 2.05) is 0 Å². The van der Waals surface area contributed by atoms with Crippen LogP contribution < -0.4 is 0 Å². The SMILES string of the molecule is CCCCC(Br)C(Br)C(Br)C(Br)CC. The maximum Gasteiger partial charge on any atom is 0.0407 e. The number of rotatable bonds is 7. The van der Waals surface area contributed by atoms with Crippen molar-refractivity contribution in [3.8, 4) is 0 Å². The molecule has 0 bridgehead atoms. The Hall–Kier alpha value is 1.92. The van der Waals surface area contributed by atoms with Crippen LogP contribution in [0.4, 0.5) is 0 Å². The molecule has 0 saturated carbocycles. The third-order valence-corrected chi connectivity index (χ3v) is 9.01. The predicted octanol–water partition coefficient (Wildman–Crippen LogP) is 5.64. The van der Waals surface area contributed by atoms with Crippen molar-refractivity contribution >= 4 is 63.7 Å². The van der Waals surface area contributed by atoms with E-state index in [4.69, 9.17) is 0 Å². The van der Waals surface area contributed by atoms with E-state index in [-0.39, 0.29) is 0 Å². The number of hydrogen-bond donors (Lipinski definition) is 0. The second kappa shape index (κ2) is 9.00. The summed E-state index contributed by atoms with van der Waals surface area (Å²) >= 11 is 14.9. The summed E-state index contributed by atoms with van der Waals surface area (Å²) in [5, 5.41) is 0. The molecule has 0 spiro atoms. The van der Waals surface area contributed by atoms with E-state index in [2.05, 4.69) is 77.6 Å². The van der Waals surface area contributed by atoms with Gasteiger partial charge in [-0.05, 0) is 12.8 Å². The standard InChI is InChI=1S/C10H18Br4/c1-3-5-6-8(12)10(14)9(13)7(11)4-2/h7-10H,3-6H2,1-2H3. The Kier molecular flexibility index (Phi) is 10.2. The maximum atomic E-state index is 3.76. The normalized spacial score (nSPS) is 20.1. The number of alkyl halides is 4. The molecule has 0 aromatic carbocycles. The summed E-state index contributed by atoms with van der Waals surface area (Å²) in [5.74, 6) is 0. The molecule has 4 atom stereocenters. The van der Waals surface area contributed by atoms with Gasteiger partial charge in [-0.3, -0.25) is 0 Å². The summed E-state index contributed by atoms with van der Waals surface area (Å²) in [5.41, 5.74) is 0. The zero-order valence-corrected chi connectivity index (χ0v) is 15.0. The van der Waals surface area contributed by atoms with Crippen molar-refractivity contribution in [1.29, 1.82) is 0 Å². The first-order chi connectivity index (χ1) is 6.54. The van der Waals surface area contributed by atoms with Crippen LogP contribution in [0.1, 0.15) is 39.5 Å². The minimum Gasteiger partial charge on any atom is -0.0878 e. The van der Waals surface area contributed by atoms with Crippen LogP contribution in [-0.2, 0) is 0 Å². The van der Waals surface area contributed by atoms with Gasteiger partial charge in [0.05, 0.1) is 0 Å². The summed E-state index contributed by atoms with van der Waals surface area (Å²) in [4.78, 5) is 2.05. The van der Waals surface area contributed by atoms with Gasteiger partial charge in [0.2, 0.25) is 0 Å². The van der Waals surface area contributed by atoms with E-state index < -0.39 is 0 Å². The van der Waals surface area contributed by atoms with Gasteiger partial charge >= 0.3 is 0 Å². The maximum absolute atomic E-state index is 3.76. The number of unbranched alkanes of at least 4 members (excludes halogenated alkanes) is 1. The quantitative estimate of drug-likeness (QED) is 0.434. The summed E-state index contributed by atoms with van der Waals surface area (Å²) in [6, 6.07) is 0. The van der Waals surface area contributed by atoms with E-state index >= 15 is 0 Å². The molecule has 0 heterocycles. The average Bonchev–Trinajstić information content (AvgIpc) is 2.22. The van der Waals surface area contributed by atoms with Gasteiger partial charge in [0, 0.05) is 19.3 Å². The van der Waals surface area contributed by atoms with Gasteiger partial charge in [0.25, 0.3) is 0 Å². The van der Waals surface area contributed by atoms with Gasteiger partial charge in [0.1, 0.15) is 0 Å². The largest absolute Gasteiger partial charge is 0.0878 e. The zero-order chi connectivity index (χ0) is 11.1. The fourth-order valence-corrected chi connectivity index (χ4v) is 4.36. The Labute approximate surface area is 121 Å². The Morgan fingerprint density at radius 3 is 1.79 bits per heavy atom. The van der Waals surface area contributed by atoms with Crippen molar-refractivity contribution < 1.29 is 0 Å². The van der Waals surface area contributed by atoms with Crippen molar-refractivity contribution in [2.45, 2.75) is 58.8 Å². The van der Waals surface area contributed by atoms with Gasteiger partial charge in [0.15, 0.2) is 0 Å². The van der Waals surface area contributed by atoms with Crippen LogP contribution in [0.2, 0.25) is 0 Å². The Balaban J connectivity index is 3.95. The molecule has 0 saturated heterocycles. The van der Waals surface area contributed by atoms with Crippen LogP contribution in [-0.4, -0.2) is 19.3 Å². The highest BCUT2D eigenvalue weighted by Gasteiger charge is 2.27. The molecule has 0 N–H and O–H groups in total. The lowest BCUT2D eigenvalue weighted by atomic mass is 10.1. The van der Waals surface area contributed by atoms with E-state index in [1.54, 1.807) is 0 Å². The van der Waals surface area contributed by atoms with Crippen LogP contribution in [0.15, 0.2) is 0 Å². The van der Waals surface area contributed by atoms with Crippen molar-refractivity contribution in [3.05, 3.63) is 0 Å². The Morgan fingerprint density at radius 1 is 0.857 bits per heavy atom. The van der Waals surface area contributed by atoms with Crippen LogP contribution in [0.5, 0.6) is 0 Å². The second-order valence-electron chi connectivity index (χ2n) is 3.47. The molecule has 0 aliphatic rings. The lowest BCUT2D eigenvalue weighted by molar-refractivity contribution is 0.644. The van der Waals surface area contributed by atoms with Gasteiger partial charge in [-0.2, -0.15) is 0 Å². The molecule has 4 unspecified atom stereocenters. The highest BCUT2D eigenvalue weighted by Crippen LogP contribution is 2.32. The molecule has 14 heavy (non-hydrogen) atoms. The lowest BCUT2D eigenvalue weighted by Gasteiger charge is -2.25. The third kappa shape index (κ3) is 5.86. The molecule has 4 heteroatoms. The lowest BCUT2D eigenvalue weighted by Crippen LogP contribution is -2.30. The minimum atomic E-state index is 0.480. The van der Waals surface area contributed by atoms with Crippen molar-refractivity contribution in [2.24, 2.45) is 0 Å². The highest BCUT2D eigenvalue weighted by atomic mass is 79.9. The molecular formula is C10H18Br4. The monoisotopic (exact) mass is 454 g/mol.